The molecule has 0 fully saturated rings. The molecular weight excluding hydrogens is 239 g/mol. The van der Waals surface area contributed by atoms with E-state index in [9.17, 15) is 4.79 Å². The van der Waals surface area contributed by atoms with Crippen LogP contribution in [-0.4, -0.2) is 5.78 Å². The molecule has 0 aromatic heterocycles. The van der Waals surface area contributed by atoms with E-state index in [1.165, 1.54) is 0 Å². The molecule has 0 amide bonds. The van der Waals surface area contributed by atoms with Crippen molar-refractivity contribution in [2.75, 3.05) is 0 Å². The Morgan fingerprint density at radius 2 is 2.10 bits per heavy atom. The third-order valence-electron chi connectivity index (χ3n) is 1.67. The predicted molar refractivity (Wildman–Crippen MR) is 52.2 cm³/mol. The van der Waals surface area contributed by atoms with Gasteiger partial charge in [0, 0.05) is 5.41 Å². The molecular formula is C8H13IO. The smallest absolute Gasteiger partial charge is 0.135 e. The van der Waals surface area contributed by atoms with Gasteiger partial charge in [0.05, 0.1) is 0 Å². The van der Waals surface area contributed by atoms with E-state index in [1.54, 1.807) is 6.92 Å². The standard InChI is InChI=1S/C8H13IO/c1-7(10)8(2,3)5-4-6-9/h4,6H,5H2,1-3H3/b6-4-. The molecule has 0 aliphatic heterocycles. The lowest BCUT2D eigenvalue weighted by molar-refractivity contribution is -0.124. The van der Waals surface area contributed by atoms with Crippen LogP contribution in [0, 0.1) is 5.41 Å². The molecule has 58 valence electrons. The Balaban J connectivity index is 3.99. The second-order valence-corrected chi connectivity index (χ2v) is 3.73. The number of hydrogen-bond acceptors (Lipinski definition) is 1. The van der Waals surface area contributed by atoms with E-state index in [2.05, 4.69) is 22.6 Å². The number of carbonyl (C=O) groups is 1. The van der Waals surface area contributed by atoms with E-state index >= 15 is 0 Å². The molecule has 0 atom stereocenters. The summed E-state index contributed by atoms with van der Waals surface area (Å²) in [7, 11) is 0. The fraction of sp³-hybridized carbons (Fsp3) is 0.625. The summed E-state index contributed by atoms with van der Waals surface area (Å²) >= 11 is 2.16. The topological polar surface area (TPSA) is 17.1 Å². The number of ketones is 1. The minimum atomic E-state index is -0.179. The quantitative estimate of drug-likeness (QED) is 0.706. The first-order valence-corrected chi connectivity index (χ1v) is 4.51. The molecule has 0 saturated carbocycles. The zero-order valence-corrected chi connectivity index (χ0v) is 8.81. The number of allylic oxidation sites excluding steroid dienone is 1. The van der Waals surface area contributed by atoms with E-state index in [0.717, 1.165) is 6.42 Å². The zero-order chi connectivity index (χ0) is 8.20. The van der Waals surface area contributed by atoms with Gasteiger partial charge in [0.15, 0.2) is 0 Å². The van der Waals surface area contributed by atoms with Gasteiger partial charge in [-0.1, -0.05) is 42.5 Å². The van der Waals surface area contributed by atoms with Crippen LogP contribution < -0.4 is 0 Å². The average Bonchev–Trinajstić information content (AvgIpc) is 1.84. The molecule has 2 heteroatoms. The van der Waals surface area contributed by atoms with Crippen molar-refractivity contribution >= 4 is 28.4 Å². The first-order valence-electron chi connectivity index (χ1n) is 3.27. The molecule has 0 aliphatic carbocycles. The van der Waals surface area contributed by atoms with Crippen molar-refractivity contribution in [1.29, 1.82) is 0 Å². The Kier molecular flexibility index (Phi) is 4.17. The van der Waals surface area contributed by atoms with Crippen molar-refractivity contribution < 1.29 is 4.79 Å². The van der Waals surface area contributed by atoms with Gasteiger partial charge in [-0.25, -0.2) is 0 Å². The maximum Gasteiger partial charge on any atom is 0.135 e. The minimum absolute atomic E-state index is 0.179. The van der Waals surface area contributed by atoms with Crippen molar-refractivity contribution in [2.45, 2.75) is 27.2 Å². The van der Waals surface area contributed by atoms with Crippen LogP contribution >= 0.6 is 22.6 Å². The van der Waals surface area contributed by atoms with Gasteiger partial charge in [0.25, 0.3) is 0 Å². The molecule has 1 nitrogen and oxygen atoms in total. The Morgan fingerprint density at radius 3 is 2.40 bits per heavy atom. The molecule has 0 aromatic carbocycles. The maximum absolute atomic E-state index is 10.9. The highest BCUT2D eigenvalue weighted by Crippen LogP contribution is 2.21. The molecule has 0 N–H and O–H groups in total. The van der Waals surface area contributed by atoms with Crippen molar-refractivity contribution in [2.24, 2.45) is 5.41 Å². The summed E-state index contributed by atoms with van der Waals surface area (Å²) < 4.78 is 1.95. The van der Waals surface area contributed by atoms with Crippen molar-refractivity contribution in [1.82, 2.24) is 0 Å². The molecule has 0 radical (unpaired) electrons. The minimum Gasteiger partial charge on any atom is -0.299 e. The monoisotopic (exact) mass is 252 g/mol. The summed E-state index contributed by atoms with van der Waals surface area (Å²) in [6.07, 6.45) is 2.85. The van der Waals surface area contributed by atoms with Crippen LogP contribution in [0.15, 0.2) is 10.2 Å². The summed E-state index contributed by atoms with van der Waals surface area (Å²) in [6.45, 7) is 5.57. The Morgan fingerprint density at radius 1 is 1.60 bits per heavy atom. The number of hydrogen-bond donors (Lipinski definition) is 0. The van der Waals surface area contributed by atoms with Gasteiger partial charge in [-0.3, -0.25) is 4.79 Å². The lowest BCUT2D eigenvalue weighted by atomic mass is 9.85. The summed E-state index contributed by atoms with van der Waals surface area (Å²) in [5.41, 5.74) is -0.179. The van der Waals surface area contributed by atoms with Gasteiger partial charge in [-0.05, 0) is 17.4 Å². The van der Waals surface area contributed by atoms with Crippen LogP contribution in [-0.2, 0) is 4.79 Å². The molecule has 0 spiro atoms. The first kappa shape index (κ1) is 10.1. The van der Waals surface area contributed by atoms with E-state index in [0.29, 0.717) is 0 Å². The molecule has 10 heavy (non-hydrogen) atoms. The van der Waals surface area contributed by atoms with Gasteiger partial charge >= 0.3 is 0 Å². The predicted octanol–water partition coefficient (Wildman–Crippen LogP) is 2.94. The Bertz CT molecular complexity index is 147. The second-order valence-electron chi connectivity index (χ2n) is 3.01. The SMILES string of the molecule is CC(=O)C(C)(C)C/C=C\I. The molecule has 0 unspecified atom stereocenters. The lowest BCUT2D eigenvalue weighted by Gasteiger charge is -2.17. The summed E-state index contributed by atoms with van der Waals surface area (Å²) in [4.78, 5) is 10.9. The van der Waals surface area contributed by atoms with Gasteiger partial charge in [0.2, 0.25) is 0 Å². The third kappa shape index (κ3) is 3.34. The summed E-state index contributed by atoms with van der Waals surface area (Å²) in [5.74, 6) is 0.252. The zero-order valence-electron chi connectivity index (χ0n) is 6.65. The summed E-state index contributed by atoms with van der Waals surface area (Å²) in [5, 5.41) is 0. The molecule has 0 aromatic rings. The number of halogens is 1. The van der Waals surface area contributed by atoms with Crippen LogP contribution in [0.5, 0.6) is 0 Å². The highest BCUT2D eigenvalue weighted by Gasteiger charge is 2.21. The van der Waals surface area contributed by atoms with E-state index in [1.807, 2.05) is 24.0 Å². The molecule has 0 heterocycles. The number of carbonyl (C=O) groups excluding carboxylic acids is 1. The van der Waals surface area contributed by atoms with E-state index in [-0.39, 0.29) is 11.2 Å². The molecule has 0 saturated heterocycles. The number of Topliss-reactive ketones (excluding diaryl/α,β-unsaturated/α-hetero) is 1. The van der Waals surface area contributed by atoms with Gasteiger partial charge in [-0.2, -0.15) is 0 Å². The molecule has 0 aliphatic rings. The fourth-order valence-corrected chi connectivity index (χ4v) is 0.737. The second kappa shape index (κ2) is 4.11. The van der Waals surface area contributed by atoms with Crippen molar-refractivity contribution in [3.63, 3.8) is 0 Å². The molecule has 0 rings (SSSR count). The van der Waals surface area contributed by atoms with Crippen LogP contribution in [0.1, 0.15) is 27.2 Å². The normalized spacial score (nSPS) is 12.4. The van der Waals surface area contributed by atoms with E-state index in [4.69, 9.17) is 0 Å². The highest BCUT2D eigenvalue weighted by molar-refractivity contribution is 14.1. The van der Waals surface area contributed by atoms with Crippen LogP contribution in [0.4, 0.5) is 0 Å². The first-order chi connectivity index (χ1) is 4.50. The fourth-order valence-electron chi connectivity index (χ4n) is 0.483. The summed E-state index contributed by atoms with van der Waals surface area (Å²) in [6, 6.07) is 0. The van der Waals surface area contributed by atoms with Crippen LogP contribution in [0.25, 0.3) is 0 Å². The van der Waals surface area contributed by atoms with Gasteiger partial charge in [-0.15, -0.1) is 0 Å². The van der Waals surface area contributed by atoms with Crippen LogP contribution in [0.2, 0.25) is 0 Å². The van der Waals surface area contributed by atoms with Gasteiger partial charge in [0.1, 0.15) is 5.78 Å². The number of rotatable bonds is 3. The largest absolute Gasteiger partial charge is 0.299 e. The van der Waals surface area contributed by atoms with Crippen LogP contribution in [0.3, 0.4) is 0 Å². The average molecular weight is 252 g/mol. The highest BCUT2D eigenvalue weighted by atomic mass is 127. The molecule has 0 bridgehead atoms. The lowest BCUT2D eigenvalue weighted by Crippen LogP contribution is -2.19. The van der Waals surface area contributed by atoms with E-state index < -0.39 is 0 Å². The van der Waals surface area contributed by atoms with Crippen molar-refractivity contribution in [3.8, 4) is 0 Å². The third-order valence-corrected chi connectivity index (χ3v) is 2.18. The Hall–Kier alpha value is 0.140. The maximum atomic E-state index is 10.9. The Labute approximate surface area is 76.0 Å². The van der Waals surface area contributed by atoms with Crippen molar-refractivity contribution in [3.05, 3.63) is 10.2 Å². The van der Waals surface area contributed by atoms with Gasteiger partial charge < -0.3 is 0 Å².